The lowest BCUT2D eigenvalue weighted by molar-refractivity contribution is -0.193. The van der Waals surface area contributed by atoms with E-state index in [0.717, 1.165) is 19.3 Å². The summed E-state index contributed by atoms with van der Waals surface area (Å²) in [5.41, 5.74) is -1.54. The first-order valence-corrected chi connectivity index (χ1v) is 10.3. The highest BCUT2D eigenvalue weighted by molar-refractivity contribution is 5.91. The molecule has 1 aliphatic rings. The maximum atomic E-state index is 12.4. The molecule has 28 heavy (non-hydrogen) atoms. The van der Waals surface area contributed by atoms with E-state index in [1.54, 1.807) is 20.8 Å². The summed E-state index contributed by atoms with van der Waals surface area (Å²) in [6, 6.07) is 0. The summed E-state index contributed by atoms with van der Waals surface area (Å²) in [6.07, 6.45) is 5.07. The summed E-state index contributed by atoms with van der Waals surface area (Å²) >= 11 is 0. The molecule has 0 aromatic rings. The lowest BCUT2D eigenvalue weighted by Gasteiger charge is -2.31. The highest BCUT2D eigenvalue weighted by Gasteiger charge is 2.46. The Kier molecular flexibility index (Phi) is 8.69. The van der Waals surface area contributed by atoms with E-state index in [9.17, 15) is 19.9 Å². The molecule has 0 aromatic carbocycles. The van der Waals surface area contributed by atoms with Crippen LogP contribution < -0.4 is 0 Å². The fourth-order valence-corrected chi connectivity index (χ4v) is 3.76. The average molecular weight is 398 g/mol. The Morgan fingerprint density at radius 2 is 1.75 bits per heavy atom. The van der Waals surface area contributed by atoms with Crippen molar-refractivity contribution < 1.29 is 24.6 Å². The number of amides is 1. The Morgan fingerprint density at radius 3 is 2.18 bits per heavy atom. The van der Waals surface area contributed by atoms with E-state index in [-0.39, 0.29) is 13.0 Å². The van der Waals surface area contributed by atoms with E-state index in [1.165, 1.54) is 0 Å². The number of aliphatic hydroxyl groups excluding tert-OH is 1. The van der Waals surface area contributed by atoms with Crippen LogP contribution in [0.1, 0.15) is 74.1 Å². The highest BCUT2D eigenvalue weighted by atomic mass is 16.6. The Labute approximate surface area is 169 Å². The summed E-state index contributed by atoms with van der Waals surface area (Å²) in [5, 5.41) is 20.6. The normalized spacial score (nSPS) is 21.9. The topological polar surface area (TPSA) is 87.1 Å². The van der Waals surface area contributed by atoms with Crippen LogP contribution in [0, 0.1) is 23.2 Å². The average Bonchev–Trinajstić information content (AvgIpc) is 2.86. The van der Waals surface area contributed by atoms with Crippen LogP contribution in [0.5, 0.6) is 0 Å². The third-order valence-electron chi connectivity index (χ3n) is 4.99. The molecule has 162 valence electrons. The number of cyclic esters (lactones) is 1. The molecule has 0 bridgehead atoms. The molecule has 1 fully saturated rings. The third-order valence-corrected chi connectivity index (χ3v) is 4.99. The Hall–Kier alpha value is -1.40. The first-order valence-electron chi connectivity index (χ1n) is 10.3. The van der Waals surface area contributed by atoms with Crippen molar-refractivity contribution in [3.8, 4) is 0 Å². The van der Waals surface area contributed by atoms with Gasteiger partial charge in [0.2, 0.25) is 0 Å². The fourth-order valence-electron chi connectivity index (χ4n) is 3.76. The Bertz CT molecular complexity index is 566. The first kappa shape index (κ1) is 24.6. The lowest BCUT2D eigenvalue weighted by atomic mass is 9.86. The molecule has 0 unspecified atom stereocenters. The van der Waals surface area contributed by atoms with E-state index >= 15 is 0 Å². The minimum atomic E-state index is -1.29. The fraction of sp³-hybridized carbons (Fsp3) is 0.818. The second kappa shape index (κ2) is 9.88. The second-order valence-corrected chi connectivity index (χ2v) is 10.1. The van der Waals surface area contributed by atoms with Crippen molar-refractivity contribution in [2.75, 3.05) is 13.2 Å². The first-order chi connectivity index (χ1) is 12.8. The molecule has 0 radical (unpaired) electrons. The number of rotatable bonds is 9. The van der Waals surface area contributed by atoms with Gasteiger partial charge >= 0.3 is 5.97 Å². The summed E-state index contributed by atoms with van der Waals surface area (Å²) < 4.78 is 5.43. The van der Waals surface area contributed by atoms with Crippen LogP contribution in [-0.2, 0) is 14.3 Å². The molecule has 1 aliphatic heterocycles. The largest absolute Gasteiger partial charge is 0.451 e. The number of ether oxygens (including phenoxy) is 1. The molecule has 1 amide bonds. The Balaban J connectivity index is 2.87. The van der Waals surface area contributed by atoms with E-state index < -0.39 is 29.5 Å². The molecular weight excluding hydrogens is 358 g/mol. The molecule has 1 atom stereocenters. The summed E-state index contributed by atoms with van der Waals surface area (Å²) in [4.78, 5) is 24.6. The number of aliphatic hydroxyl groups is 1. The van der Waals surface area contributed by atoms with Crippen LogP contribution in [0.3, 0.4) is 0 Å². The molecule has 0 aliphatic carbocycles. The molecule has 0 saturated carbocycles. The van der Waals surface area contributed by atoms with Gasteiger partial charge in [0.05, 0.1) is 13.2 Å². The monoisotopic (exact) mass is 397 g/mol. The Morgan fingerprint density at radius 1 is 1.21 bits per heavy atom. The zero-order valence-electron chi connectivity index (χ0n) is 18.6. The smallest absolute Gasteiger partial charge is 0.334 e. The third kappa shape index (κ3) is 7.21. The summed E-state index contributed by atoms with van der Waals surface area (Å²) in [6.45, 7) is 13.2. The van der Waals surface area contributed by atoms with Crippen LogP contribution in [0.4, 0.5) is 0 Å². The summed E-state index contributed by atoms with van der Waals surface area (Å²) in [7, 11) is 0. The van der Waals surface area contributed by atoms with Gasteiger partial charge in [-0.3, -0.25) is 10.0 Å². The van der Waals surface area contributed by atoms with Crippen molar-refractivity contribution in [2.24, 2.45) is 23.2 Å². The van der Waals surface area contributed by atoms with Crippen LogP contribution in [0.2, 0.25) is 0 Å². The molecular formula is C22H39NO5. The number of hydrogen-bond donors (Lipinski definition) is 2. The van der Waals surface area contributed by atoms with E-state index in [1.807, 2.05) is 6.08 Å². The van der Waals surface area contributed by atoms with Crippen LogP contribution >= 0.6 is 0 Å². The minimum absolute atomic E-state index is 0.187. The summed E-state index contributed by atoms with van der Waals surface area (Å²) in [5.74, 6) is 0.698. The number of allylic oxidation sites excluding steroid dienone is 1. The molecule has 1 rings (SSSR count). The number of esters is 1. The zero-order chi connectivity index (χ0) is 21.7. The van der Waals surface area contributed by atoms with Gasteiger partial charge in [0.1, 0.15) is 0 Å². The number of nitrogens with zero attached hydrogens (tertiary/aromatic N) is 1. The van der Waals surface area contributed by atoms with Crippen molar-refractivity contribution in [3.63, 3.8) is 0 Å². The van der Waals surface area contributed by atoms with Gasteiger partial charge in [-0.15, -0.1) is 0 Å². The second-order valence-electron chi connectivity index (χ2n) is 10.1. The van der Waals surface area contributed by atoms with Crippen molar-refractivity contribution in [1.29, 1.82) is 0 Å². The molecule has 6 heteroatoms. The maximum absolute atomic E-state index is 12.4. The molecule has 6 nitrogen and oxygen atoms in total. The number of hydroxylamine groups is 2. The van der Waals surface area contributed by atoms with Crippen LogP contribution in [0.15, 0.2) is 11.6 Å². The van der Waals surface area contributed by atoms with E-state index in [2.05, 4.69) is 27.7 Å². The highest BCUT2D eigenvalue weighted by Crippen LogP contribution is 2.34. The predicted molar refractivity (Wildman–Crippen MR) is 109 cm³/mol. The lowest BCUT2D eigenvalue weighted by Crippen LogP contribution is -2.49. The van der Waals surface area contributed by atoms with Crippen LogP contribution in [0.25, 0.3) is 0 Å². The van der Waals surface area contributed by atoms with Gasteiger partial charge in [0.25, 0.3) is 5.91 Å². The number of hydrogen-bond acceptors (Lipinski definition) is 5. The van der Waals surface area contributed by atoms with Gasteiger partial charge in [-0.2, -0.15) is 0 Å². The van der Waals surface area contributed by atoms with Gasteiger partial charge in [-0.05, 0) is 37.0 Å². The van der Waals surface area contributed by atoms with Crippen LogP contribution in [-0.4, -0.2) is 46.0 Å². The van der Waals surface area contributed by atoms with Gasteiger partial charge in [-0.25, -0.2) is 9.86 Å². The number of carbonyl (C=O) groups is 2. The predicted octanol–water partition coefficient (Wildman–Crippen LogP) is 3.95. The quantitative estimate of drug-likeness (QED) is 0.266. The van der Waals surface area contributed by atoms with Gasteiger partial charge in [0.15, 0.2) is 5.60 Å². The molecule has 1 saturated heterocycles. The SMILES string of the molecule is CC(C)CC(C/C=C1/C[C@@](CO)(CN(O)C(=O)C(C)(C)C)OC1=O)CC(C)C. The van der Waals surface area contributed by atoms with Crippen molar-refractivity contribution >= 4 is 11.9 Å². The zero-order valence-corrected chi connectivity index (χ0v) is 18.6. The van der Waals surface area contributed by atoms with Crippen molar-refractivity contribution in [2.45, 2.75) is 79.8 Å². The van der Waals surface area contributed by atoms with Gasteiger partial charge in [-0.1, -0.05) is 54.5 Å². The minimum Gasteiger partial charge on any atom is -0.451 e. The molecule has 0 aromatic heterocycles. The van der Waals surface area contributed by atoms with Crippen molar-refractivity contribution in [1.82, 2.24) is 5.06 Å². The maximum Gasteiger partial charge on any atom is 0.334 e. The molecule has 2 N–H and O–H groups in total. The van der Waals surface area contributed by atoms with E-state index in [0.29, 0.717) is 28.4 Å². The van der Waals surface area contributed by atoms with Crippen molar-refractivity contribution in [3.05, 3.63) is 11.6 Å². The molecule has 0 spiro atoms. The van der Waals surface area contributed by atoms with Gasteiger partial charge in [0, 0.05) is 17.4 Å². The van der Waals surface area contributed by atoms with E-state index in [4.69, 9.17) is 4.74 Å². The molecule has 1 heterocycles. The van der Waals surface area contributed by atoms with Gasteiger partial charge < -0.3 is 9.84 Å². The standard InChI is InChI=1S/C22H39NO5/c1-15(2)10-17(11-16(3)4)8-9-18-12-22(14-24,28-19(18)25)13-23(27)20(26)21(5,6)7/h9,15-17,24,27H,8,10-14H2,1-7H3/b18-9-/t22-/m0/s1. The number of carbonyl (C=O) groups excluding carboxylic acids is 2.